The topological polar surface area (TPSA) is 43.4 Å². The van der Waals surface area contributed by atoms with Crippen LogP contribution >= 0.6 is 11.8 Å². The molecule has 1 aromatic rings. The van der Waals surface area contributed by atoms with E-state index in [4.69, 9.17) is 4.74 Å². The molecule has 1 aromatic carbocycles. The fourth-order valence-electron chi connectivity index (χ4n) is 1.90. The summed E-state index contributed by atoms with van der Waals surface area (Å²) in [5.41, 5.74) is 1.16. The van der Waals surface area contributed by atoms with Crippen molar-refractivity contribution in [1.29, 1.82) is 0 Å². The van der Waals surface area contributed by atoms with E-state index in [1.54, 1.807) is 6.92 Å². The monoisotopic (exact) mass is 294 g/mol. The van der Waals surface area contributed by atoms with Crippen LogP contribution in [0.5, 0.6) is 0 Å². The van der Waals surface area contributed by atoms with E-state index in [0.29, 0.717) is 18.8 Å². The van der Waals surface area contributed by atoms with Gasteiger partial charge in [-0.3, -0.25) is 9.59 Å². The molecular weight excluding hydrogens is 272 g/mol. The number of Topliss-reactive ketones (excluding diaryl/α,β-unsaturated/α-hetero) is 1. The maximum Gasteiger partial charge on any atom is 0.316 e. The standard InChI is InChI=1S/C16H22O3S/c1-4-7-14(16(18)19-5-2)15(17)11-20-13-9-6-8-12(3)10-13/h6,8-10,14H,4-5,7,11H2,1-3H3. The van der Waals surface area contributed by atoms with Crippen LogP contribution in [-0.4, -0.2) is 24.1 Å². The van der Waals surface area contributed by atoms with Crippen LogP contribution in [0.3, 0.4) is 0 Å². The van der Waals surface area contributed by atoms with E-state index in [-0.39, 0.29) is 11.8 Å². The summed E-state index contributed by atoms with van der Waals surface area (Å²) in [6, 6.07) is 8.00. The predicted octanol–water partition coefficient (Wildman–Crippen LogP) is 3.64. The third-order valence-electron chi connectivity index (χ3n) is 2.91. The highest BCUT2D eigenvalue weighted by Crippen LogP contribution is 2.21. The van der Waals surface area contributed by atoms with Crippen LogP contribution in [0.4, 0.5) is 0 Å². The largest absolute Gasteiger partial charge is 0.465 e. The van der Waals surface area contributed by atoms with Crippen LogP contribution in [0.2, 0.25) is 0 Å². The molecule has 0 bridgehead atoms. The van der Waals surface area contributed by atoms with Crippen LogP contribution in [-0.2, 0) is 14.3 Å². The molecule has 1 unspecified atom stereocenters. The lowest BCUT2D eigenvalue weighted by molar-refractivity contribution is -0.151. The SMILES string of the molecule is CCCC(C(=O)CSc1cccc(C)c1)C(=O)OCC. The van der Waals surface area contributed by atoms with Crippen molar-refractivity contribution in [2.75, 3.05) is 12.4 Å². The van der Waals surface area contributed by atoms with Gasteiger partial charge in [0.15, 0.2) is 5.78 Å². The number of hydrogen-bond donors (Lipinski definition) is 0. The number of thioether (sulfide) groups is 1. The number of ketones is 1. The lowest BCUT2D eigenvalue weighted by Crippen LogP contribution is -2.27. The van der Waals surface area contributed by atoms with Crippen molar-refractivity contribution in [2.45, 2.75) is 38.5 Å². The molecule has 0 aromatic heterocycles. The number of aryl methyl sites for hydroxylation is 1. The molecule has 110 valence electrons. The Balaban J connectivity index is 2.59. The molecule has 4 heteroatoms. The molecule has 20 heavy (non-hydrogen) atoms. The van der Waals surface area contributed by atoms with Crippen LogP contribution < -0.4 is 0 Å². The first-order valence-corrected chi connectivity index (χ1v) is 7.95. The highest BCUT2D eigenvalue weighted by Gasteiger charge is 2.26. The molecule has 0 amide bonds. The first-order valence-electron chi connectivity index (χ1n) is 6.97. The van der Waals surface area contributed by atoms with Gasteiger partial charge in [0.25, 0.3) is 0 Å². The first-order chi connectivity index (χ1) is 9.58. The summed E-state index contributed by atoms with van der Waals surface area (Å²) >= 11 is 1.48. The zero-order valence-corrected chi connectivity index (χ0v) is 13.2. The lowest BCUT2D eigenvalue weighted by Gasteiger charge is -2.13. The fraction of sp³-hybridized carbons (Fsp3) is 0.500. The average molecular weight is 294 g/mol. The number of carbonyl (C=O) groups excluding carboxylic acids is 2. The average Bonchev–Trinajstić information content (AvgIpc) is 2.42. The van der Waals surface area contributed by atoms with Crippen molar-refractivity contribution >= 4 is 23.5 Å². The molecule has 0 fully saturated rings. The van der Waals surface area contributed by atoms with Crippen molar-refractivity contribution in [3.63, 3.8) is 0 Å². The molecule has 1 rings (SSSR count). The second-order valence-corrected chi connectivity index (χ2v) is 5.71. The minimum absolute atomic E-state index is 0.0446. The summed E-state index contributed by atoms with van der Waals surface area (Å²) in [6.45, 7) is 6.06. The summed E-state index contributed by atoms with van der Waals surface area (Å²) in [7, 11) is 0. The van der Waals surface area contributed by atoms with Crippen molar-refractivity contribution in [3.05, 3.63) is 29.8 Å². The Bertz CT molecular complexity index is 457. The van der Waals surface area contributed by atoms with Crippen molar-refractivity contribution < 1.29 is 14.3 Å². The second-order valence-electron chi connectivity index (χ2n) is 4.66. The third-order valence-corrected chi connectivity index (χ3v) is 3.92. The van der Waals surface area contributed by atoms with Gasteiger partial charge >= 0.3 is 5.97 Å². The number of hydrogen-bond acceptors (Lipinski definition) is 4. The van der Waals surface area contributed by atoms with E-state index in [0.717, 1.165) is 16.9 Å². The minimum atomic E-state index is -0.614. The summed E-state index contributed by atoms with van der Waals surface area (Å²) in [5.74, 6) is -0.731. The molecular formula is C16H22O3S. The van der Waals surface area contributed by atoms with Crippen LogP contribution in [0.25, 0.3) is 0 Å². The molecule has 0 saturated heterocycles. The van der Waals surface area contributed by atoms with Gasteiger partial charge in [-0.2, -0.15) is 0 Å². The van der Waals surface area contributed by atoms with Crippen molar-refractivity contribution in [1.82, 2.24) is 0 Å². The third kappa shape index (κ3) is 5.37. The Morgan fingerprint density at radius 1 is 1.30 bits per heavy atom. The highest BCUT2D eigenvalue weighted by molar-refractivity contribution is 8.00. The number of carbonyl (C=O) groups is 2. The molecule has 0 aliphatic heterocycles. The minimum Gasteiger partial charge on any atom is -0.465 e. The van der Waals surface area contributed by atoms with Gasteiger partial charge in [0.2, 0.25) is 0 Å². The number of benzene rings is 1. The van der Waals surface area contributed by atoms with E-state index in [1.807, 2.05) is 38.1 Å². The van der Waals surface area contributed by atoms with E-state index in [9.17, 15) is 9.59 Å². The van der Waals surface area contributed by atoms with E-state index in [1.165, 1.54) is 11.8 Å². The Morgan fingerprint density at radius 2 is 2.05 bits per heavy atom. The Kier molecular flexibility index (Phi) is 7.37. The van der Waals surface area contributed by atoms with Gasteiger partial charge in [0.1, 0.15) is 5.92 Å². The highest BCUT2D eigenvalue weighted by atomic mass is 32.2. The van der Waals surface area contributed by atoms with Crippen LogP contribution in [0.1, 0.15) is 32.3 Å². The van der Waals surface area contributed by atoms with Crippen LogP contribution in [0, 0.1) is 12.8 Å². The molecule has 0 spiro atoms. The quantitative estimate of drug-likeness (QED) is 0.417. The summed E-state index contributed by atoms with van der Waals surface area (Å²) < 4.78 is 4.98. The molecule has 0 heterocycles. The fourth-order valence-corrected chi connectivity index (χ4v) is 2.86. The smallest absolute Gasteiger partial charge is 0.316 e. The first kappa shape index (κ1) is 16.8. The van der Waals surface area contributed by atoms with Gasteiger partial charge in [-0.1, -0.05) is 31.0 Å². The molecule has 0 radical (unpaired) electrons. The van der Waals surface area contributed by atoms with Gasteiger partial charge in [-0.15, -0.1) is 11.8 Å². The van der Waals surface area contributed by atoms with Gasteiger partial charge in [0, 0.05) is 4.90 Å². The van der Waals surface area contributed by atoms with Crippen molar-refractivity contribution in [3.8, 4) is 0 Å². The molecule has 1 atom stereocenters. The van der Waals surface area contributed by atoms with Crippen molar-refractivity contribution in [2.24, 2.45) is 5.92 Å². The molecule has 0 N–H and O–H groups in total. The van der Waals surface area contributed by atoms with Gasteiger partial charge in [-0.05, 0) is 32.4 Å². The van der Waals surface area contributed by atoms with E-state index >= 15 is 0 Å². The summed E-state index contributed by atoms with van der Waals surface area (Å²) in [6.07, 6.45) is 1.36. The summed E-state index contributed by atoms with van der Waals surface area (Å²) in [4.78, 5) is 25.0. The van der Waals surface area contributed by atoms with Gasteiger partial charge in [0.05, 0.1) is 12.4 Å². The Hall–Kier alpha value is -1.29. The van der Waals surface area contributed by atoms with Gasteiger partial charge < -0.3 is 4.74 Å². The van der Waals surface area contributed by atoms with E-state index in [2.05, 4.69) is 0 Å². The zero-order valence-electron chi connectivity index (χ0n) is 12.3. The Labute approximate surface area is 125 Å². The molecule has 0 aliphatic carbocycles. The number of rotatable bonds is 8. The summed E-state index contributed by atoms with van der Waals surface area (Å²) in [5, 5.41) is 0. The number of esters is 1. The Morgan fingerprint density at radius 3 is 2.65 bits per heavy atom. The van der Waals surface area contributed by atoms with Gasteiger partial charge in [-0.25, -0.2) is 0 Å². The lowest BCUT2D eigenvalue weighted by atomic mass is 10.00. The predicted molar refractivity (Wildman–Crippen MR) is 81.9 cm³/mol. The maximum absolute atomic E-state index is 12.2. The second kappa shape index (κ2) is 8.80. The molecule has 0 aliphatic rings. The number of ether oxygens (including phenoxy) is 1. The normalized spacial score (nSPS) is 11.9. The maximum atomic E-state index is 12.2. The zero-order chi connectivity index (χ0) is 15.0. The van der Waals surface area contributed by atoms with E-state index < -0.39 is 5.92 Å². The molecule has 3 nitrogen and oxygen atoms in total. The van der Waals surface area contributed by atoms with Crippen LogP contribution in [0.15, 0.2) is 29.2 Å². The molecule has 0 saturated carbocycles.